The Kier molecular flexibility index (Phi) is 4.96. The molecule has 0 saturated heterocycles. The number of amides is 1. The molecule has 0 aliphatic rings. The van der Waals surface area contributed by atoms with Crippen molar-refractivity contribution >= 4 is 29.1 Å². The standard InChI is InChI=1S/C12H14Cl2FNO2/c1-12(2,15)11(18)16-6-10(17)8-4-3-7(13)5-9(8)14/h3-5,10,17H,6H2,1-2H3,(H,16,18). The van der Waals surface area contributed by atoms with E-state index in [1.807, 2.05) is 0 Å². The van der Waals surface area contributed by atoms with Crippen LogP contribution in [0.1, 0.15) is 25.5 Å². The summed E-state index contributed by atoms with van der Waals surface area (Å²) < 4.78 is 13.2. The molecule has 0 bridgehead atoms. The van der Waals surface area contributed by atoms with Gasteiger partial charge in [0.15, 0.2) is 5.67 Å². The molecule has 1 aromatic carbocycles. The molecule has 18 heavy (non-hydrogen) atoms. The number of aliphatic hydroxyl groups excluding tert-OH is 1. The van der Waals surface area contributed by atoms with Gasteiger partial charge in [-0.05, 0) is 26.0 Å². The highest BCUT2D eigenvalue weighted by Crippen LogP contribution is 2.26. The molecule has 1 atom stereocenters. The van der Waals surface area contributed by atoms with E-state index >= 15 is 0 Å². The molecule has 0 heterocycles. The topological polar surface area (TPSA) is 49.3 Å². The van der Waals surface area contributed by atoms with Crippen molar-refractivity contribution in [1.29, 1.82) is 0 Å². The molecular formula is C12H14Cl2FNO2. The van der Waals surface area contributed by atoms with E-state index in [0.717, 1.165) is 13.8 Å². The molecule has 0 radical (unpaired) electrons. The molecule has 0 fully saturated rings. The Bertz CT molecular complexity index is 446. The lowest BCUT2D eigenvalue weighted by molar-refractivity contribution is -0.131. The molecule has 0 aliphatic heterocycles. The fraction of sp³-hybridized carbons (Fsp3) is 0.417. The minimum atomic E-state index is -1.98. The van der Waals surface area contributed by atoms with Crippen LogP contribution in [0, 0.1) is 0 Å². The summed E-state index contributed by atoms with van der Waals surface area (Å²) in [7, 11) is 0. The maximum atomic E-state index is 13.2. The van der Waals surface area contributed by atoms with Crippen LogP contribution in [0.15, 0.2) is 18.2 Å². The highest BCUT2D eigenvalue weighted by atomic mass is 35.5. The number of benzene rings is 1. The van der Waals surface area contributed by atoms with E-state index in [0.29, 0.717) is 15.6 Å². The molecule has 100 valence electrons. The molecule has 0 saturated carbocycles. The van der Waals surface area contributed by atoms with E-state index in [2.05, 4.69) is 5.32 Å². The number of halogens is 3. The molecule has 2 N–H and O–H groups in total. The Morgan fingerprint density at radius 1 is 1.50 bits per heavy atom. The molecule has 1 amide bonds. The summed E-state index contributed by atoms with van der Waals surface area (Å²) in [6.45, 7) is 2.17. The van der Waals surface area contributed by atoms with Gasteiger partial charge in [-0.2, -0.15) is 0 Å². The summed E-state index contributed by atoms with van der Waals surface area (Å²) in [6.07, 6.45) is -1.01. The van der Waals surface area contributed by atoms with Crippen LogP contribution in [0.2, 0.25) is 10.0 Å². The Balaban J connectivity index is 2.66. The highest BCUT2D eigenvalue weighted by molar-refractivity contribution is 6.35. The smallest absolute Gasteiger partial charge is 0.257 e. The lowest BCUT2D eigenvalue weighted by atomic mass is 10.1. The lowest BCUT2D eigenvalue weighted by Gasteiger charge is -2.17. The second-order valence-electron chi connectivity index (χ2n) is 4.36. The zero-order chi connectivity index (χ0) is 13.9. The summed E-state index contributed by atoms with van der Waals surface area (Å²) in [6, 6.07) is 4.62. The van der Waals surface area contributed by atoms with Gasteiger partial charge >= 0.3 is 0 Å². The quantitative estimate of drug-likeness (QED) is 0.897. The van der Waals surface area contributed by atoms with Gasteiger partial charge < -0.3 is 10.4 Å². The van der Waals surface area contributed by atoms with Crippen molar-refractivity contribution in [3.8, 4) is 0 Å². The maximum absolute atomic E-state index is 13.2. The van der Waals surface area contributed by atoms with Crippen molar-refractivity contribution in [3.63, 3.8) is 0 Å². The van der Waals surface area contributed by atoms with Crippen molar-refractivity contribution in [2.45, 2.75) is 25.6 Å². The van der Waals surface area contributed by atoms with Crippen LogP contribution in [-0.2, 0) is 4.79 Å². The summed E-state index contributed by atoms with van der Waals surface area (Å²) in [5, 5.41) is 12.9. The number of hydrogen-bond acceptors (Lipinski definition) is 2. The molecule has 6 heteroatoms. The van der Waals surface area contributed by atoms with Gasteiger partial charge in [0.25, 0.3) is 5.91 Å². The van der Waals surface area contributed by atoms with Crippen molar-refractivity contribution in [2.24, 2.45) is 0 Å². The Morgan fingerprint density at radius 3 is 2.61 bits per heavy atom. The predicted molar refractivity (Wildman–Crippen MR) is 69.6 cm³/mol. The van der Waals surface area contributed by atoms with E-state index in [4.69, 9.17) is 23.2 Å². The minimum Gasteiger partial charge on any atom is -0.387 e. The van der Waals surface area contributed by atoms with Crippen LogP contribution in [-0.4, -0.2) is 23.2 Å². The Hall–Kier alpha value is -0.840. The van der Waals surface area contributed by atoms with Crippen LogP contribution in [0.3, 0.4) is 0 Å². The fourth-order valence-electron chi connectivity index (χ4n) is 1.28. The first-order valence-corrected chi connectivity index (χ1v) is 6.07. The summed E-state index contributed by atoms with van der Waals surface area (Å²) >= 11 is 11.6. The van der Waals surface area contributed by atoms with Gasteiger partial charge in [-0.3, -0.25) is 4.79 Å². The predicted octanol–water partition coefficient (Wildman–Crippen LogP) is 2.89. The first-order chi connectivity index (χ1) is 8.21. The molecule has 1 unspecified atom stereocenters. The van der Waals surface area contributed by atoms with Gasteiger partial charge in [-0.1, -0.05) is 29.3 Å². The van der Waals surface area contributed by atoms with Crippen LogP contribution >= 0.6 is 23.2 Å². The normalized spacial score (nSPS) is 13.2. The van der Waals surface area contributed by atoms with Crippen LogP contribution in [0.4, 0.5) is 4.39 Å². The van der Waals surface area contributed by atoms with Gasteiger partial charge in [0, 0.05) is 22.2 Å². The summed E-state index contributed by atoms with van der Waals surface area (Å²) in [5.74, 6) is -0.786. The first kappa shape index (κ1) is 15.2. The monoisotopic (exact) mass is 293 g/mol. The summed E-state index contributed by atoms with van der Waals surface area (Å²) in [5.41, 5.74) is -1.55. The third-order valence-electron chi connectivity index (χ3n) is 2.32. The van der Waals surface area contributed by atoms with Gasteiger partial charge in [0.2, 0.25) is 0 Å². The van der Waals surface area contributed by atoms with E-state index in [-0.39, 0.29) is 6.54 Å². The molecule has 0 aromatic heterocycles. The van der Waals surface area contributed by atoms with Crippen molar-refractivity contribution in [1.82, 2.24) is 5.32 Å². The summed E-state index contributed by atoms with van der Waals surface area (Å²) in [4.78, 5) is 11.3. The van der Waals surface area contributed by atoms with Gasteiger partial charge in [0.1, 0.15) is 0 Å². The van der Waals surface area contributed by atoms with E-state index in [1.54, 1.807) is 12.1 Å². The molecule has 1 rings (SSSR count). The molecule has 3 nitrogen and oxygen atoms in total. The highest BCUT2D eigenvalue weighted by Gasteiger charge is 2.26. The zero-order valence-corrected chi connectivity index (χ0v) is 11.5. The second kappa shape index (κ2) is 5.87. The Labute approximate surface area is 115 Å². The van der Waals surface area contributed by atoms with Gasteiger partial charge in [0.05, 0.1) is 6.10 Å². The maximum Gasteiger partial charge on any atom is 0.257 e. The van der Waals surface area contributed by atoms with Crippen LogP contribution < -0.4 is 5.32 Å². The number of aliphatic hydroxyl groups is 1. The van der Waals surface area contributed by atoms with E-state index in [9.17, 15) is 14.3 Å². The molecular weight excluding hydrogens is 280 g/mol. The molecule has 1 aromatic rings. The van der Waals surface area contributed by atoms with E-state index in [1.165, 1.54) is 6.07 Å². The minimum absolute atomic E-state index is 0.118. The fourth-order valence-corrected chi connectivity index (χ4v) is 1.82. The SMILES string of the molecule is CC(C)(F)C(=O)NCC(O)c1ccc(Cl)cc1Cl. The third kappa shape index (κ3) is 4.12. The number of carbonyl (C=O) groups is 1. The average Bonchev–Trinajstić information content (AvgIpc) is 2.24. The van der Waals surface area contributed by atoms with Crippen LogP contribution in [0.5, 0.6) is 0 Å². The average molecular weight is 294 g/mol. The first-order valence-electron chi connectivity index (χ1n) is 5.32. The number of carbonyl (C=O) groups excluding carboxylic acids is 1. The van der Waals surface area contributed by atoms with Gasteiger partial charge in [-0.15, -0.1) is 0 Å². The zero-order valence-electron chi connectivity index (χ0n) is 10.0. The molecule has 0 spiro atoms. The van der Waals surface area contributed by atoms with Crippen molar-refractivity contribution in [2.75, 3.05) is 6.54 Å². The number of alkyl halides is 1. The van der Waals surface area contributed by atoms with Crippen molar-refractivity contribution < 1.29 is 14.3 Å². The largest absolute Gasteiger partial charge is 0.387 e. The number of hydrogen-bond donors (Lipinski definition) is 2. The second-order valence-corrected chi connectivity index (χ2v) is 5.21. The number of nitrogens with one attached hydrogen (secondary N) is 1. The van der Waals surface area contributed by atoms with Crippen molar-refractivity contribution in [3.05, 3.63) is 33.8 Å². The number of rotatable bonds is 4. The van der Waals surface area contributed by atoms with E-state index < -0.39 is 17.7 Å². The van der Waals surface area contributed by atoms with Crippen LogP contribution in [0.25, 0.3) is 0 Å². The third-order valence-corrected chi connectivity index (χ3v) is 2.88. The lowest BCUT2D eigenvalue weighted by Crippen LogP contribution is -2.40. The Morgan fingerprint density at radius 2 is 2.11 bits per heavy atom. The van der Waals surface area contributed by atoms with Gasteiger partial charge in [-0.25, -0.2) is 4.39 Å². The molecule has 0 aliphatic carbocycles.